The van der Waals surface area contributed by atoms with Crippen LogP contribution in [0.15, 0.2) is 30.3 Å². The molecule has 0 aromatic heterocycles. The lowest BCUT2D eigenvalue weighted by Gasteiger charge is -2.27. The predicted molar refractivity (Wildman–Crippen MR) is 86.2 cm³/mol. The molecule has 0 amide bonds. The van der Waals surface area contributed by atoms with Gasteiger partial charge in [-0.05, 0) is 51.3 Å². The summed E-state index contributed by atoms with van der Waals surface area (Å²) in [5.41, 5.74) is 1.11. The van der Waals surface area contributed by atoms with E-state index in [2.05, 4.69) is 45.9 Å². The number of hydrogen-bond donors (Lipinski definition) is 0. The molecule has 0 fully saturated rings. The summed E-state index contributed by atoms with van der Waals surface area (Å²) >= 11 is 0. The van der Waals surface area contributed by atoms with Crippen molar-refractivity contribution < 1.29 is 9.47 Å². The average Bonchev–Trinajstić information content (AvgIpc) is 2.45. The molecule has 0 radical (unpaired) electrons. The van der Waals surface area contributed by atoms with Gasteiger partial charge in [-0.25, -0.2) is 0 Å². The number of rotatable bonds is 8. The molecular formula is C18H28O2. The van der Waals surface area contributed by atoms with Crippen LogP contribution in [0, 0.1) is 0 Å². The van der Waals surface area contributed by atoms with E-state index in [1.807, 2.05) is 25.1 Å². The van der Waals surface area contributed by atoms with E-state index < -0.39 is 0 Å². The maximum absolute atomic E-state index is 5.99. The Hall–Kier alpha value is -1.28. The summed E-state index contributed by atoms with van der Waals surface area (Å²) in [6, 6.07) is 8.17. The highest BCUT2D eigenvalue weighted by Crippen LogP contribution is 2.18. The highest BCUT2D eigenvalue weighted by Gasteiger charge is 2.18. The van der Waals surface area contributed by atoms with E-state index in [-0.39, 0.29) is 11.7 Å². The molecule has 0 bridgehead atoms. The first-order valence-corrected chi connectivity index (χ1v) is 7.54. The van der Waals surface area contributed by atoms with Crippen molar-refractivity contribution >= 4 is 6.08 Å². The van der Waals surface area contributed by atoms with Crippen molar-refractivity contribution in [3.8, 4) is 5.75 Å². The van der Waals surface area contributed by atoms with Gasteiger partial charge < -0.3 is 9.47 Å². The van der Waals surface area contributed by atoms with Gasteiger partial charge in [0, 0.05) is 0 Å². The molecule has 2 nitrogen and oxygen atoms in total. The van der Waals surface area contributed by atoms with E-state index in [9.17, 15) is 0 Å². The second kappa shape index (κ2) is 8.11. The zero-order chi connectivity index (χ0) is 15.0. The molecule has 0 aliphatic rings. The molecule has 2 heteroatoms. The summed E-state index contributed by atoms with van der Waals surface area (Å²) in [5, 5.41) is 0. The fraction of sp³-hybridized carbons (Fsp3) is 0.556. The molecule has 0 saturated carbocycles. The van der Waals surface area contributed by atoms with Crippen molar-refractivity contribution in [3.05, 3.63) is 35.9 Å². The molecule has 1 aromatic carbocycles. The molecule has 1 rings (SSSR count). The van der Waals surface area contributed by atoms with Gasteiger partial charge in [0.2, 0.25) is 0 Å². The maximum atomic E-state index is 5.99. The molecule has 0 aliphatic heterocycles. The highest BCUT2D eigenvalue weighted by molar-refractivity contribution is 5.50. The van der Waals surface area contributed by atoms with E-state index in [4.69, 9.17) is 9.47 Å². The van der Waals surface area contributed by atoms with Crippen LogP contribution >= 0.6 is 0 Å². The van der Waals surface area contributed by atoms with E-state index in [0.29, 0.717) is 6.61 Å². The largest absolute Gasteiger partial charge is 0.488 e. The second-order valence-corrected chi connectivity index (χ2v) is 5.64. The van der Waals surface area contributed by atoms with Gasteiger partial charge in [-0.3, -0.25) is 0 Å². The first kappa shape index (κ1) is 16.8. The Morgan fingerprint density at radius 3 is 2.30 bits per heavy atom. The molecule has 1 aromatic rings. The molecule has 0 aliphatic carbocycles. The van der Waals surface area contributed by atoms with E-state index in [1.54, 1.807) is 0 Å². The van der Waals surface area contributed by atoms with E-state index in [0.717, 1.165) is 18.6 Å². The molecule has 0 saturated heterocycles. The summed E-state index contributed by atoms with van der Waals surface area (Å²) < 4.78 is 11.9. The maximum Gasteiger partial charge on any atom is 0.122 e. The molecule has 0 heterocycles. The normalized spacial score (nSPS) is 13.7. The zero-order valence-corrected chi connectivity index (χ0v) is 13.5. The van der Waals surface area contributed by atoms with Crippen LogP contribution in [0.25, 0.3) is 6.08 Å². The van der Waals surface area contributed by atoms with Crippen LogP contribution in [0.2, 0.25) is 0 Å². The molecule has 1 unspecified atom stereocenters. The van der Waals surface area contributed by atoms with Gasteiger partial charge in [-0.15, -0.1) is 0 Å². The van der Waals surface area contributed by atoms with Crippen molar-refractivity contribution in [1.82, 2.24) is 0 Å². The standard InChI is InChI=1S/C18H28O2/c1-6-9-15-10-12-17(13-11-15)20-16(7-2)14-19-18(4,5)8-3/h6,9-13,16H,7-8,14H2,1-5H3/b9-6+. The highest BCUT2D eigenvalue weighted by atomic mass is 16.5. The van der Waals surface area contributed by atoms with Crippen molar-refractivity contribution in [3.63, 3.8) is 0 Å². The van der Waals surface area contributed by atoms with E-state index in [1.165, 1.54) is 5.56 Å². The van der Waals surface area contributed by atoms with Gasteiger partial charge >= 0.3 is 0 Å². The first-order valence-electron chi connectivity index (χ1n) is 7.54. The number of allylic oxidation sites excluding steroid dienone is 1. The summed E-state index contributed by atoms with van der Waals surface area (Å²) in [6.07, 6.45) is 6.16. The van der Waals surface area contributed by atoms with Crippen molar-refractivity contribution in [2.24, 2.45) is 0 Å². The minimum Gasteiger partial charge on any atom is -0.488 e. The Morgan fingerprint density at radius 2 is 1.80 bits per heavy atom. The molecule has 20 heavy (non-hydrogen) atoms. The van der Waals surface area contributed by atoms with Gasteiger partial charge in [0.25, 0.3) is 0 Å². The van der Waals surface area contributed by atoms with Gasteiger partial charge in [0.15, 0.2) is 0 Å². The first-order chi connectivity index (χ1) is 9.50. The van der Waals surface area contributed by atoms with E-state index >= 15 is 0 Å². The predicted octanol–water partition coefficient (Wildman–Crippen LogP) is 5.08. The molecule has 112 valence electrons. The smallest absolute Gasteiger partial charge is 0.122 e. The Labute approximate surface area is 123 Å². The fourth-order valence-corrected chi connectivity index (χ4v) is 1.70. The SMILES string of the molecule is C/C=C/c1ccc(OC(CC)COC(C)(C)CC)cc1. The van der Waals surface area contributed by atoms with Crippen LogP contribution in [-0.2, 0) is 4.74 Å². The summed E-state index contributed by atoms with van der Waals surface area (Å²) in [5.74, 6) is 0.906. The number of ether oxygens (including phenoxy) is 2. The van der Waals surface area contributed by atoms with Crippen LogP contribution < -0.4 is 4.74 Å². The van der Waals surface area contributed by atoms with Crippen LogP contribution in [0.5, 0.6) is 5.75 Å². The lowest BCUT2D eigenvalue weighted by molar-refractivity contribution is -0.0552. The third-order valence-electron chi connectivity index (χ3n) is 3.51. The van der Waals surface area contributed by atoms with Gasteiger partial charge in [-0.2, -0.15) is 0 Å². The Balaban J connectivity index is 2.55. The summed E-state index contributed by atoms with van der Waals surface area (Å²) in [6.45, 7) is 11.2. The third kappa shape index (κ3) is 5.79. The minimum atomic E-state index is -0.0768. The van der Waals surface area contributed by atoms with Crippen LogP contribution in [-0.4, -0.2) is 18.3 Å². The molecule has 1 atom stereocenters. The van der Waals surface area contributed by atoms with Gasteiger partial charge in [0.05, 0.1) is 12.2 Å². The third-order valence-corrected chi connectivity index (χ3v) is 3.51. The van der Waals surface area contributed by atoms with Crippen LogP contribution in [0.3, 0.4) is 0 Å². The minimum absolute atomic E-state index is 0.0768. The summed E-state index contributed by atoms with van der Waals surface area (Å²) in [7, 11) is 0. The zero-order valence-electron chi connectivity index (χ0n) is 13.5. The average molecular weight is 276 g/mol. The molecule has 0 spiro atoms. The lowest BCUT2D eigenvalue weighted by atomic mass is 10.1. The number of hydrogen-bond acceptors (Lipinski definition) is 2. The van der Waals surface area contributed by atoms with Crippen LogP contribution in [0.4, 0.5) is 0 Å². The van der Waals surface area contributed by atoms with Gasteiger partial charge in [-0.1, -0.05) is 38.1 Å². The quantitative estimate of drug-likeness (QED) is 0.659. The Morgan fingerprint density at radius 1 is 1.15 bits per heavy atom. The van der Waals surface area contributed by atoms with Crippen molar-refractivity contribution in [1.29, 1.82) is 0 Å². The Kier molecular flexibility index (Phi) is 6.80. The second-order valence-electron chi connectivity index (χ2n) is 5.64. The lowest BCUT2D eigenvalue weighted by Crippen LogP contribution is -2.31. The molecule has 0 N–H and O–H groups in total. The van der Waals surface area contributed by atoms with Gasteiger partial charge in [0.1, 0.15) is 11.9 Å². The summed E-state index contributed by atoms with van der Waals surface area (Å²) in [4.78, 5) is 0. The topological polar surface area (TPSA) is 18.5 Å². The van der Waals surface area contributed by atoms with Crippen molar-refractivity contribution in [2.45, 2.75) is 59.2 Å². The fourth-order valence-electron chi connectivity index (χ4n) is 1.70. The van der Waals surface area contributed by atoms with Crippen molar-refractivity contribution in [2.75, 3.05) is 6.61 Å². The number of benzene rings is 1. The molecular weight excluding hydrogens is 248 g/mol. The Bertz CT molecular complexity index is 404. The monoisotopic (exact) mass is 276 g/mol. The van der Waals surface area contributed by atoms with Crippen LogP contribution in [0.1, 0.15) is 53.0 Å².